The van der Waals surface area contributed by atoms with E-state index in [4.69, 9.17) is 0 Å². The van der Waals surface area contributed by atoms with E-state index < -0.39 is 58.3 Å². The van der Waals surface area contributed by atoms with Crippen molar-refractivity contribution in [2.45, 2.75) is 56.2 Å². The normalized spacial score (nSPS) is 17.9. The summed E-state index contributed by atoms with van der Waals surface area (Å²) in [6.45, 7) is 4.16. The van der Waals surface area contributed by atoms with E-state index >= 15 is 0 Å². The molecule has 0 spiro atoms. The zero-order valence-electron chi connectivity index (χ0n) is 13.9. The van der Waals surface area contributed by atoms with Gasteiger partial charge in [0.25, 0.3) is 6.43 Å². The van der Waals surface area contributed by atoms with Gasteiger partial charge in [-0.15, -0.1) is 4.72 Å². The van der Waals surface area contributed by atoms with Gasteiger partial charge in [-0.1, -0.05) is 0 Å². The largest absolute Gasteiger partial charge is 0.598 e. The molecule has 0 radical (unpaired) electrons. The quantitative estimate of drug-likeness (QED) is 0.376. The summed E-state index contributed by atoms with van der Waals surface area (Å²) in [6.07, 6.45) is -13.8. The summed E-state index contributed by atoms with van der Waals surface area (Å²) < 4.78 is 93.4. The minimum atomic E-state index is -5.24. The fourth-order valence-corrected chi connectivity index (χ4v) is 3.11. The molecule has 0 amide bonds. The minimum Gasteiger partial charge on any atom is -0.598 e. The van der Waals surface area contributed by atoms with Crippen LogP contribution in [-0.2, 0) is 16.9 Å². The van der Waals surface area contributed by atoms with Gasteiger partial charge in [0.2, 0.25) is 0 Å². The molecule has 0 aromatic carbocycles. The second-order valence-electron chi connectivity index (χ2n) is 6.48. The van der Waals surface area contributed by atoms with Crippen LogP contribution in [0.3, 0.4) is 0 Å². The number of nitrogens with one attached hydrogen (secondary N) is 1. The monoisotopic (exact) mass is 470 g/mol. The third-order valence-electron chi connectivity index (χ3n) is 3.33. The van der Waals surface area contributed by atoms with Crippen molar-refractivity contribution in [1.29, 1.82) is 0 Å². The van der Waals surface area contributed by atoms with Gasteiger partial charge in [0.15, 0.2) is 11.6 Å². The molecular formula is C14H17BrF6N2O2S. The Labute approximate surface area is 157 Å². The van der Waals surface area contributed by atoms with Crippen molar-refractivity contribution in [1.82, 2.24) is 9.71 Å². The summed E-state index contributed by atoms with van der Waals surface area (Å²) >= 11 is 0.522. The minimum absolute atomic E-state index is 0.122. The van der Waals surface area contributed by atoms with Crippen LogP contribution in [0.5, 0.6) is 0 Å². The first-order valence-electron chi connectivity index (χ1n) is 7.16. The molecule has 0 saturated carbocycles. The first-order valence-corrected chi connectivity index (χ1v) is 9.10. The molecule has 2 N–H and O–H groups in total. The molecule has 1 aromatic heterocycles. The number of alkyl halides is 5. The zero-order valence-corrected chi connectivity index (χ0v) is 16.3. The number of aliphatic hydroxyl groups is 1. The van der Waals surface area contributed by atoms with E-state index in [0.29, 0.717) is 0 Å². The van der Waals surface area contributed by atoms with E-state index in [1.807, 2.05) is 4.72 Å². The van der Waals surface area contributed by atoms with Crippen molar-refractivity contribution in [2.75, 3.05) is 0 Å². The van der Waals surface area contributed by atoms with E-state index in [-0.39, 0.29) is 4.60 Å². The predicted octanol–water partition coefficient (Wildman–Crippen LogP) is 3.81. The lowest BCUT2D eigenvalue weighted by molar-refractivity contribution is -0.214. The highest BCUT2D eigenvalue weighted by molar-refractivity contribution is 9.10. The van der Waals surface area contributed by atoms with Gasteiger partial charge in [0.1, 0.15) is 20.9 Å². The summed E-state index contributed by atoms with van der Waals surface area (Å²) in [6, 6.07) is 1.79. The second-order valence-corrected chi connectivity index (χ2v) is 9.26. The summed E-state index contributed by atoms with van der Waals surface area (Å²) in [5.74, 6) is -1.33. The maximum Gasteiger partial charge on any atom is 0.414 e. The number of rotatable bonds is 6. The van der Waals surface area contributed by atoms with E-state index in [1.165, 1.54) is 20.8 Å². The lowest BCUT2D eigenvalue weighted by Crippen LogP contribution is -2.58. The van der Waals surface area contributed by atoms with Crippen LogP contribution in [0.15, 0.2) is 16.7 Å². The molecule has 0 fully saturated rings. The van der Waals surface area contributed by atoms with Crippen molar-refractivity contribution in [3.63, 3.8) is 0 Å². The standard InChI is InChI=1S/C14H17BrF6N2O2S/c1-12(2,3)26(25)23-13(11(17)18,6-8(24)14(19,20)21)10-7(16)4-5-9(15)22-10/h4-5,8,11,23-24H,6H2,1-3H3/t8-,13?,26?/m0/s1. The van der Waals surface area contributed by atoms with Crippen molar-refractivity contribution in [3.8, 4) is 0 Å². The Morgan fingerprint density at radius 3 is 2.23 bits per heavy atom. The van der Waals surface area contributed by atoms with Crippen LogP contribution in [0.4, 0.5) is 26.3 Å². The van der Waals surface area contributed by atoms with Gasteiger partial charge in [0.05, 0.1) is 0 Å². The second kappa shape index (κ2) is 8.21. The molecule has 0 bridgehead atoms. The van der Waals surface area contributed by atoms with E-state index in [0.717, 1.165) is 12.1 Å². The van der Waals surface area contributed by atoms with Gasteiger partial charge < -0.3 is 9.66 Å². The molecule has 0 saturated heterocycles. The predicted molar refractivity (Wildman–Crippen MR) is 87.3 cm³/mol. The molecule has 3 atom stereocenters. The Hall–Kier alpha value is -0.560. The summed E-state index contributed by atoms with van der Waals surface area (Å²) in [5, 5.41) is 9.35. The topological polar surface area (TPSA) is 68.2 Å². The molecule has 0 aliphatic rings. The van der Waals surface area contributed by atoms with Crippen LogP contribution in [-0.4, -0.2) is 38.1 Å². The molecule has 0 aliphatic heterocycles. The smallest absolute Gasteiger partial charge is 0.414 e. The van der Waals surface area contributed by atoms with Gasteiger partial charge >= 0.3 is 6.18 Å². The fraction of sp³-hybridized carbons (Fsp3) is 0.643. The number of pyridine rings is 1. The Bertz CT molecular complexity index is 604. The number of nitrogens with zero attached hydrogens (tertiary/aromatic N) is 1. The molecule has 1 heterocycles. The van der Waals surface area contributed by atoms with E-state index in [1.54, 1.807) is 0 Å². The van der Waals surface area contributed by atoms with E-state index in [9.17, 15) is 36.0 Å². The van der Waals surface area contributed by atoms with Crippen molar-refractivity contribution < 1.29 is 36.0 Å². The summed E-state index contributed by atoms with van der Waals surface area (Å²) in [4.78, 5) is 3.52. The number of halogens is 7. The molecule has 26 heavy (non-hydrogen) atoms. The van der Waals surface area contributed by atoms with E-state index in [2.05, 4.69) is 20.9 Å². The summed E-state index contributed by atoms with van der Waals surface area (Å²) in [5.41, 5.74) is -4.22. The average molecular weight is 471 g/mol. The van der Waals surface area contributed by atoms with Crippen molar-refractivity contribution in [3.05, 3.63) is 28.2 Å². The Balaban J connectivity index is 3.57. The zero-order chi connectivity index (χ0) is 20.5. The van der Waals surface area contributed by atoms with Crippen LogP contribution in [0.25, 0.3) is 0 Å². The molecule has 1 rings (SSSR count). The molecular weight excluding hydrogens is 454 g/mol. The number of hydrogen-bond donors (Lipinski definition) is 2. The van der Waals surface area contributed by atoms with Crippen LogP contribution in [0.2, 0.25) is 0 Å². The third-order valence-corrected chi connectivity index (χ3v) is 5.43. The maximum absolute atomic E-state index is 14.2. The van der Waals surface area contributed by atoms with Gasteiger partial charge in [-0.25, -0.2) is 18.2 Å². The Morgan fingerprint density at radius 1 is 1.27 bits per heavy atom. The maximum atomic E-state index is 14.2. The molecule has 0 aliphatic carbocycles. The SMILES string of the molecule is CC(C)(C)[S+]([O-])NC(C[C@H](O)C(F)(F)F)(c1nc(Br)ccc1F)C(F)F. The average Bonchev–Trinajstić information content (AvgIpc) is 2.46. The van der Waals surface area contributed by atoms with Gasteiger partial charge in [-0.3, -0.25) is 0 Å². The first kappa shape index (κ1) is 23.5. The van der Waals surface area contributed by atoms with Gasteiger partial charge in [-0.2, -0.15) is 13.2 Å². The van der Waals surface area contributed by atoms with Gasteiger partial charge in [0, 0.05) is 17.8 Å². The van der Waals surface area contributed by atoms with Crippen LogP contribution in [0.1, 0.15) is 32.9 Å². The lowest BCUT2D eigenvalue weighted by Gasteiger charge is -2.37. The van der Waals surface area contributed by atoms with Crippen LogP contribution in [0, 0.1) is 5.82 Å². The number of aromatic nitrogens is 1. The number of hydrogen-bond acceptors (Lipinski definition) is 4. The van der Waals surface area contributed by atoms with Crippen LogP contribution < -0.4 is 4.72 Å². The highest BCUT2D eigenvalue weighted by atomic mass is 79.9. The molecule has 150 valence electrons. The number of aliphatic hydroxyl groups excluding tert-OH is 1. The summed E-state index contributed by atoms with van der Waals surface area (Å²) in [7, 11) is 0. The molecule has 4 nitrogen and oxygen atoms in total. The highest BCUT2D eigenvalue weighted by Gasteiger charge is 2.55. The van der Waals surface area contributed by atoms with Crippen molar-refractivity contribution in [2.24, 2.45) is 0 Å². The highest BCUT2D eigenvalue weighted by Crippen LogP contribution is 2.39. The molecule has 2 unspecified atom stereocenters. The fourth-order valence-electron chi connectivity index (χ4n) is 1.89. The Kier molecular flexibility index (Phi) is 7.41. The molecule has 1 aromatic rings. The van der Waals surface area contributed by atoms with Gasteiger partial charge in [-0.05, 0) is 48.8 Å². The lowest BCUT2D eigenvalue weighted by atomic mass is 9.88. The first-order chi connectivity index (χ1) is 11.6. The van der Waals surface area contributed by atoms with Crippen molar-refractivity contribution >= 4 is 27.3 Å². The molecule has 12 heteroatoms. The third kappa shape index (κ3) is 5.47. The Morgan fingerprint density at radius 2 is 1.81 bits per heavy atom. The van der Waals surface area contributed by atoms with Crippen LogP contribution >= 0.6 is 15.9 Å².